The zero-order valence-electron chi connectivity index (χ0n) is 18.9. The van der Waals surface area contributed by atoms with Gasteiger partial charge in [-0.25, -0.2) is 9.97 Å². The molecule has 0 saturated heterocycles. The quantitative estimate of drug-likeness (QED) is 0.309. The van der Waals surface area contributed by atoms with Crippen LogP contribution in [0.15, 0.2) is 46.0 Å². The Bertz CT molecular complexity index is 1470. The van der Waals surface area contributed by atoms with Crippen molar-refractivity contribution >= 4 is 50.2 Å². The van der Waals surface area contributed by atoms with Gasteiger partial charge in [-0.3, -0.25) is 4.79 Å². The van der Waals surface area contributed by atoms with Gasteiger partial charge < -0.3 is 20.2 Å². The molecule has 3 heterocycles. The van der Waals surface area contributed by atoms with Gasteiger partial charge in [0.2, 0.25) is 5.91 Å². The lowest BCUT2D eigenvalue weighted by atomic mass is 10.0. The number of ether oxygens (including phenoxy) is 1. The molecule has 1 aromatic carbocycles. The van der Waals surface area contributed by atoms with Gasteiger partial charge in [-0.05, 0) is 43.7 Å². The first kappa shape index (κ1) is 24.1. The maximum Gasteiger partial charge on any atom is 0.239 e. The SMILES string of the molecule is CCOc1ccc2nc(NC(=O)C(CC)Sc3nc(N)c(C#N)c(-c4ccco4)c3C#N)sc2c1. The maximum atomic E-state index is 13.1. The number of anilines is 2. The minimum absolute atomic E-state index is 0.0352. The number of aromatic nitrogens is 2. The van der Waals surface area contributed by atoms with Crippen molar-refractivity contribution in [1.29, 1.82) is 10.5 Å². The third kappa shape index (κ3) is 4.92. The molecule has 4 aromatic rings. The molecule has 1 atom stereocenters. The molecule has 0 aliphatic heterocycles. The molecule has 4 rings (SSSR count). The van der Waals surface area contributed by atoms with Crippen LogP contribution in [0.3, 0.4) is 0 Å². The summed E-state index contributed by atoms with van der Waals surface area (Å²) in [4.78, 5) is 21.9. The monoisotopic (exact) mass is 504 g/mol. The van der Waals surface area contributed by atoms with Gasteiger partial charge in [0.25, 0.3) is 0 Å². The summed E-state index contributed by atoms with van der Waals surface area (Å²) in [7, 11) is 0. The van der Waals surface area contributed by atoms with E-state index >= 15 is 0 Å². The maximum absolute atomic E-state index is 13.1. The first-order chi connectivity index (χ1) is 17.0. The highest BCUT2D eigenvalue weighted by atomic mass is 32.2. The number of carbonyl (C=O) groups is 1. The fourth-order valence-electron chi connectivity index (χ4n) is 3.41. The van der Waals surface area contributed by atoms with Gasteiger partial charge in [0.15, 0.2) is 5.13 Å². The number of nitrogens with one attached hydrogen (secondary N) is 1. The van der Waals surface area contributed by atoms with Crippen LogP contribution in [-0.4, -0.2) is 27.7 Å². The van der Waals surface area contributed by atoms with Crippen molar-refractivity contribution in [2.24, 2.45) is 0 Å². The fraction of sp³-hybridized carbons (Fsp3) is 0.208. The molecule has 176 valence electrons. The fourth-order valence-corrected chi connectivity index (χ4v) is 5.32. The van der Waals surface area contributed by atoms with Crippen molar-refractivity contribution in [2.75, 3.05) is 17.7 Å². The van der Waals surface area contributed by atoms with Gasteiger partial charge in [-0.1, -0.05) is 30.0 Å². The van der Waals surface area contributed by atoms with E-state index in [-0.39, 0.29) is 33.4 Å². The molecule has 0 fully saturated rings. The molecule has 0 aliphatic carbocycles. The van der Waals surface area contributed by atoms with Gasteiger partial charge in [0.1, 0.15) is 40.1 Å². The lowest BCUT2D eigenvalue weighted by molar-refractivity contribution is -0.115. The number of carbonyl (C=O) groups excluding carboxylic acids is 1. The summed E-state index contributed by atoms with van der Waals surface area (Å²) < 4.78 is 11.9. The van der Waals surface area contributed by atoms with E-state index in [0.717, 1.165) is 27.7 Å². The molecule has 0 bridgehead atoms. The Labute approximate surface area is 209 Å². The van der Waals surface area contributed by atoms with Crippen LogP contribution in [0, 0.1) is 22.7 Å². The summed E-state index contributed by atoms with van der Waals surface area (Å²) in [5.41, 5.74) is 7.24. The largest absolute Gasteiger partial charge is 0.494 e. The standard InChI is InChI=1S/C24H20N6O3S2/c1-3-18(22(31)30-24-28-16-8-7-13(32-4-2)10-19(16)35-24)34-23-15(12-26)20(17-6-5-9-33-17)14(11-25)21(27)29-23/h5-10,18H,3-4H2,1-2H3,(H2,27,29)(H,28,30,31). The third-order valence-corrected chi connectivity index (χ3v) is 7.29. The van der Waals surface area contributed by atoms with Crippen molar-refractivity contribution in [3.63, 3.8) is 0 Å². The normalized spacial score (nSPS) is 11.5. The number of amides is 1. The number of benzene rings is 1. The lowest BCUT2D eigenvalue weighted by Gasteiger charge is -2.16. The third-order valence-electron chi connectivity index (χ3n) is 5.00. The number of nitrogens with two attached hydrogens (primary N) is 1. The summed E-state index contributed by atoms with van der Waals surface area (Å²) in [6, 6.07) is 13.0. The van der Waals surface area contributed by atoms with Crippen LogP contribution >= 0.6 is 23.1 Å². The first-order valence-corrected chi connectivity index (χ1v) is 12.4. The van der Waals surface area contributed by atoms with E-state index < -0.39 is 5.25 Å². The van der Waals surface area contributed by atoms with Crippen molar-refractivity contribution in [3.8, 4) is 29.2 Å². The number of nitrogens with zero attached hydrogens (tertiary/aromatic N) is 4. The Kier molecular flexibility index (Phi) is 7.20. The van der Waals surface area contributed by atoms with Crippen molar-refractivity contribution in [2.45, 2.75) is 30.5 Å². The zero-order valence-corrected chi connectivity index (χ0v) is 20.5. The number of furan rings is 1. The Hall–Kier alpha value is -4.06. The highest BCUT2D eigenvalue weighted by Gasteiger charge is 2.27. The minimum Gasteiger partial charge on any atom is -0.494 e. The van der Waals surface area contributed by atoms with Gasteiger partial charge in [-0.15, -0.1) is 0 Å². The molecule has 0 spiro atoms. The van der Waals surface area contributed by atoms with Crippen LogP contribution in [-0.2, 0) is 4.79 Å². The summed E-state index contributed by atoms with van der Waals surface area (Å²) in [6.45, 7) is 4.33. The van der Waals surface area contributed by atoms with E-state index in [4.69, 9.17) is 14.9 Å². The number of fused-ring (bicyclic) bond motifs is 1. The number of pyridine rings is 1. The molecule has 11 heteroatoms. The van der Waals surface area contributed by atoms with Gasteiger partial charge in [-0.2, -0.15) is 10.5 Å². The number of rotatable bonds is 8. The number of hydrogen-bond acceptors (Lipinski definition) is 10. The summed E-state index contributed by atoms with van der Waals surface area (Å²) in [5.74, 6) is 0.749. The predicted molar refractivity (Wildman–Crippen MR) is 135 cm³/mol. The summed E-state index contributed by atoms with van der Waals surface area (Å²) in [6.07, 6.45) is 1.90. The predicted octanol–water partition coefficient (Wildman–Crippen LogP) is 5.18. The van der Waals surface area contributed by atoms with Crippen LogP contribution in [0.1, 0.15) is 31.4 Å². The van der Waals surface area contributed by atoms with E-state index in [2.05, 4.69) is 21.4 Å². The van der Waals surface area contributed by atoms with Crippen LogP contribution in [0.2, 0.25) is 0 Å². The van der Waals surface area contributed by atoms with E-state index in [1.54, 1.807) is 12.1 Å². The van der Waals surface area contributed by atoms with Crippen LogP contribution in [0.4, 0.5) is 10.9 Å². The average Bonchev–Trinajstić information content (AvgIpc) is 3.51. The van der Waals surface area contributed by atoms with Crippen molar-refractivity contribution in [3.05, 3.63) is 47.7 Å². The molecule has 1 unspecified atom stereocenters. The number of thiazole rings is 1. The highest BCUT2D eigenvalue weighted by Crippen LogP contribution is 2.38. The van der Waals surface area contributed by atoms with E-state index in [1.807, 2.05) is 38.1 Å². The average molecular weight is 505 g/mol. The second kappa shape index (κ2) is 10.5. The second-order valence-electron chi connectivity index (χ2n) is 7.21. The smallest absolute Gasteiger partial charge is 0.239 e. The molecule has 3 N–H and O–H groups in total. The summed E-state index contributed by atoms with van der Waals surface area (Å²) >= 11 is 2.45. The lowest BCUT2D eigenvalue weighted by Crippen LogP contribution is -2.25. The van der Waals surface area contributed by atoms with Crippen LogP contribution in [0.25, 0.3) is 21.5 Å². The number of hydrogen-bond donors (Lipinski definition) is 2. The second-order valence-corrected chi connectivity index (χ2v) is 9.44. The first-order valence-electron chi connectivity index (χ1n) is 10.7. The van der Waals surface area contributed by atoms with E-state index in [1.165, 1.54) is 17.6 Å². The minimum atomic E-state index is -0.586. The topological polar surface area (TPSA) is 151 Å². The van der Waals surface area contributed by atoms with Gasteiger partial charge >= 0.3 is 0 Å². The highest BCUT2D eigenvalue weighted by molar-refractivity contribution is 8.00. The Balaban J connectivity index is 1.62. The number of nitrogen functional groups attached to an aromatic ring is 1. The molecule has 3 aromatic heterocycles. The summed E-state index contributed by atoms with van der Waals surface area (Å²) in [5, 5.41) is 22.5. The van der Waals surface area contributed by atoms with Gasteiger partial charge in [0.05, 0.1) is 39.5 Å². The molecule has 1 amide bonds. The number of nitriles is 2. The van der Waals surface area contributed by atoms with Crippen molar-refractivity contribution < 1.29 is 13.9 Å². The molecule has 35 heavy (non-hydrogen) atoms. The van der Waals surface area contributed by atoms with Gasteiger partial charge in [0, 0.05) is 0 Å². The molecule has 0 saturated carbocycles. The number of thioether (sulfide) groups is 1. The van der Waals surface area contributed by atoms with Crippen LogP contribution < -0.4 is 15.8 Å². The molecule has 0 radical (unpaired) electrons. The Morgan fingerprint density at radius 3 is 2.71 bits per heavy atom. The molecular formula is C24H20N6O3S2. The van der Waals surface area contributed by atoms with Crippen molar-refractivity contribution in [1.82, 2.24) is 9.97 Å². The van der Waals surface area contributed by atoms with E-state index in [9.17, 15) is 15.3 Å². The Morgan fingerprint density at radius 2 is 2.06 bits per heavy atom. The molecular weight excluding hydrogens is 484 g/mol. The molecule has 0 aliphatic rings. The van der Waals surface area contributed by atoms with E-state index in [0.29, 0.717) is 23.9 Å². The molecule has 9 nitrogen and oxygen atoms in total. The Morgan fingerprint density at radius 1 is 1.26 bits per heavy atom. The zero-order chi connectivity index (χ0) is 24.9. The van der Waals surface area contributed by atoms with Crippen LogP contribution in [0.5, 0.6) is 5.75 Å².